The van der Waals surface area contributed by atoms with Crippen LogP contribution in [-0.2, 0) is 9.59 Å². The maximum atomic E-state index is 12.5. The van der Waals surface area contributed by atoms with Crippen LogP contribution < -0.4 is 0 Å². The van der Waals surface area contributed by atoms with Crippen molar-refractivity contribution in [2.45, 2.75) is 52.2 Å². The molecule has 23 heavy (non-hydrogen) atoms. The molecule has 0 amide bonds. The third-order valence-electron chi connectivity index (χ3n) is 3.72. The number of carboxylic acids is 1. The third-order valence-corrected chi connectivity index (χ3v) is 5.22. The second-order valence-electron chi connectivity index (χ2n) is 6.86. The van der Waals surface area contributed by atoms with Crippen LogP contribution >= 0.6 is 11.8 Å². The number of hydrogen-bond donors (Lipinski definition) is 1. The van der Waals surface area contributed by atoms with Gasteiger partial charge >= 0.3 is 5.97 Å². The van der Waals surface area contributed by atoms with Crippen molar-refractivity contribution in [3.05, 3.63) is 35.9 Å². The second-order valence-corrected chi connectivity index (χ2v) is 8.06. The zero-order chi connectivity index (χ0) is 17.4. The molecule has 0 heterocycles. The van der Waals surface area contributed by atoms with Gasteiger partial charge in [0.05, 0.1) is 0 Å². The van der Waals surface area contributed by atoms with E-state index in [0.717, 1.165) is 12.0 Å². The molecule has 0 aliphatic rings. The Labute approximate surface area is 143 Å². The molecule has 0 saturated carbocycles. The lowest BCUT2D eigenvalue weighted by Crippen LogP contribution is -2.15. The molecule has 128 valence electrons. The van der Waals surface area contributed by atoms with Gasteiger partial charge < -0.3 is 5.11 Å². The predicted molar refractivity (Wildman–Crippen MR) is 96.4 cm³/mol. The quantitative estimate of drug-likeness (QED) is 0.676. The van der Waals surface area contributed by atoms with Crippen LogP contribution in [0.1, 0.15) is 57.8 Å². The summed E-state index contributed by atoms with van der Waals surface area (Å²) in [4.78, 5) is 23.5. The molecule has 0 aromatic heterocycles. The maximum absolute atomic E-state index is 12.5. The first kappa shape index (κ1) is 19.8. The van der Waals surface area contributed by atoms with E-state index in [0.29, 0.717) is 18.3 Å². The Morgan fingerprint density at radius 3 is 2.13 bits per heavy atom. The van der Waals surface area contributed by atoms with Crippen molar-refractivity contribution in [1.29, 1.82) is 0 Å². The van der Waals surface area contributed by atoms with E-state index in [1.165, 1.54) is 11.8 Å². The van der Waals surface area contributed by atoms with Crippen molar-refractivity contribution in [2.75, 3.05) is 0 Å². The average Bonchev–Trinajstić information content (AvgIpc) is 2.43. The summed E-state index contributed by atoms with van der Waals surface area (Å²) in [5, 5.41) is 9.26. The molecule has 3 nitrogen and oxygen atoms in total. The molecular weight excluding hydrogens is 308 g/mol. The molecule has 1 N–H and O–H groups in total. The van der Waals surface area contributed by atoms with Crippen LogP contribution in [0.4, 0.5) is 0 Å². The number of benzene rings is 1. The monoisotopic (exact) mass is 336 g/mol. The van der Waals surface area contributed by atoms with Gasteiger partial charge in [-0.3, -0.25) is 9.59 Å². The summed E-state index contributed by atoms with van der Waals surface area (Å²) in [6, 6.07) is 10.0. The van der Waals surface area contributed by atoms with Crippen molar-refractivity contribution >= 4 is 22.8 Å². The van der Waals surface area contributed by atoms with Crippen LogP contribution in [0.2, 0.25) is 0 Å². The van der Waals surface area contributed by atoms with Crippen LogP contribution in [0, 0.1) is 17.8 Å². The van der Waals surface area contributed by atoms with E-state index in [1.807, 2.05) is 30.3 Å². The molecule has 0 radical (unpaired) electrons. The van der Waals surface area contributed by atoms with E-state index in [1.54, 1.807) is 0 Å². The van der Waals surface area contributed by atoms with E-state index in [-0.39, 0.29) is 22.7 Å². The molecule has 2 atom stereocenters. The number of hydrogen-bond acceptors (Lipinski definition) is 3. The first-order valence-corrected chi connectivity index (χ1v) is 9.13. The molecule has 0 saturated heterocycles. The molecule has 0 aliphatic heterocycles. The fraction of sp³-hybridized carbons (Fsp3) is 0.579. The summed E-state index contributed by atoms with van der Waals surface area (Å²) >= 11 is 1.36. The van der Waals surface area contributed by atoms with E-state index >= 15 is 0 Å². The highest BCUT2D eigenvalue weighted by atomic mass is 32.2. The van der Waals surface area contributed by atoms with Crippen LogP contribution in [0.15, 0.2) is 30.3 Å². The van der Waals surface area contributed by atoms with E-state index in [2.05, 4.69) is 27.7 Å². The average molecular weight is 336 g/mol. The number of thioether (sulfide) groups is 1. The van der Waals surface area contributed by atoms with Gasteiger partial charge in [-0.25, -0.2) is 0 Å². The number of carbonyl (C=O) groups excluding carboxylic acids is 1. The lowest BCUT2D eigenvalue weighted by Gasteiger charge is -2.22. The molecule has 4 heteroatoms. The zero-order valence-corrected chi connectivity index (χ0v) is 15.3. The molecule has 0 spiro atoms. The fourth-order valence-electron chi connectivity index (χ4n) is 2.81. The number of aliphatic carboxylic acids is 1. The number of carbonyl (C=O) groups is 2. The zero-order valence-electron chi connectivity index (χ0n) is 14.5. The summed E-state index contributed by atoms with van der Waals surface area (Å²) in [7, 11) is 0. The largest absolute Gasteiger partial charge is 0.481 e. The molecule has 0 aliphatic carbocycles. The van der Waals surface area contributed by atoms with E-state index in [4.69, 9.17) is 5.11 Å². The third kappa shape index (κ3) is 7.69. The maximum Gasteiger partial charge on any atom is 0.303 e. The van der Waals surface area contributed by atoms with E-state index in [9.17, 15) is 9.59 Å². The normalized spacial score (nSPS) is 14.0. The SMILES string of the molecule is CC(C)C[C@H](CC(=O)O)CC(=O)S[C@H](c1ccccc1)C(C)C. The van der Waals surface area contributed by atoms with Gasteiger partial charge in [0.15, 0.2) is 5.12 Å². The molecule has 1 rings (SSSR count). The Bertz CT molecular complexity index is 497. The Morgan fingerprint density at radius 1 is 1.04 bits per heavy atom. The standard InChI is InChI=1S/C19H28O3S/c1-13(2)10-15(11-17(20)21)12-18(22)23-19(14(3)4)16-8-6-5-7-9-16/h5-9,13-15,19H,10-12H2,1-4H3,(H,20,21)/t15-,19+/m1/s1. The molecule has 0 bridgehead atoms. The molecule has 0 unspecified atom stereocenters. The van der Waals surface area contributed by atoms with Crippen molar-refractivity contribution in [1.82, 2.24) is 0 Å². The molecule has 0 fully saturated rings. The summed E-state index contributed by atoms with van der Waals surface area (Å²) in [6.07, 6.45) is 1.18. The van der Waals surface area contributed by atoms with E-state index < -0.39 is 5.97 Å². The lowest BCUT2D eigenvalue weighted by atomic mass is 9.92. The Hall–Kier alpha value is -1.29. The Balaban J connectivity index is 2.72. The molecule has 1 aromatic rings. The van der Waals surface area contributed by atoms with Crippen LogP contribution in [0.5, 0.6) is 0 Å². The van der Waals surface area contributed by atoms with Gasteiger partial charge in [-0.05, 0) is 29.7 Å². The van der Waals surface area contributed by atoms with Crippen LogP contribution in [0.3, 0.4) is 0 Å². The van der Waals surface area contributed by atoms with Gasteiger partial charge in [-0.15, -0.1) is 0 Å². The van der Waals surface area contributed by atoms with Crippen molar-refractivity contribution in [3.63, 3.8) is 0 Å². The minimum absolute atomic E-state index is 0.0716. The molecule has 1 aromatic carbocycles. The Kier molecular flexibility index (Phi) is 8.38. The highest BCUT2D eigenvalue weighted by Gasteiger charge is 2.24. The first-order chi connectivity index (χ1) is 10.8. The summed E-state index contributed by atoms with van der Waals surface area (Å²) < 4.78 is 0. The van der Waals surface area contributed by atoms with Crippen LogP contribution in [-0.4, -0.2) is 16.2 Å². The van der Waals surface area contributed by atoms with Crippen molar-refractivity contribution < 1.29 is 14.7 Å². The van der Waals surface area contributed by atoms with Gasteiger partial charge in [0.1, 0.15) is 0 Å². The van der Waals surface area contributed by atoms with Crippen LogP contribution in [0.25, 0.3) is 0 Å². The first-order valence-electron chi connectivity index (χ1n) is 8.25. The topological polar surface area (TPSA) is 54.4 Å². The van der Waals surface area contributed by atoms with Gasteiger partial charge in [0.2, 0.25) is 0 Å². The van der Waals surface area contributed by atoms with Crippen molar-refractivity contribution in [3.8, 4) is 0 Å². The van der Waals surface area contributed by atoms with Gasteiger partial charge in [0, 0.05) is 18.1 Å². The smallest absolute Gasteiger partial charge is 0.303 e. The second kappa shape index (κ2) is 9.76. The number of carboxylic acid groups (broad SMARTS) is 1. The summed E-state index contributed by atoms with van der Waals surface area (Å²) in [5.41, 5.74) is 1.15. The Morgan fingerprint density at radius 2 is 1.65 bits per heavy atom. The summed E-state index contributed by atoms with van der Waals surface area (Å²) in [6.45, 7) is 8.35. The predicted octanol–water partition coefficient (Wildman–Crippen LogP) is 5.17. The summed E-state index contributed by atoms with van der Waals surface area (Å²) in [5.74, 6) is -0.158. The number of rotatable bonds is 9. The highest BCUT2D eigenvalue weighted by molar-refractivity contribution is 8.13. The van der Waals surface area contributed by atoms with Gasteiger partial charge in [-0.2, -0.15) is 0 Å². The van der Waals surface area contributed by atoms with Crippen molar-refractivity contribution in [2.24, 2.45) is 17.8 Å². The lowest BCUT2D eigenvalue weighted by molar-refractivity contribution is -0.138. The molecular formula is C19H28O3S. The minimum atomic E-state index is -0.822. The minimum Gasteiger partial charge on any atom is -0.481 e. The highest BCUT2D eigenvalue weighted by Crippen LogP contribution is 2.37. The van der Waals surface area contributed by atoms with Gasteiger partial charge in [0.25, 0.3) is 0 Å². The fourth-order valence-corrected chi connectivity index (χ4v) is 3.99. The van der Waals surface area contributed by atoms with Gasteiger partial charge in [-0.1, -0.05) is 69.8 Å².